The van der Waals surface area contributed by atoms with E-state index in [0.29, 0.717) is 6.04 Å². The van der Waals surface area contributed by atoms with Crippen molar-refractivity contribution in [2.45, 2.75) is 31.9 Å². The number of rotatable bonds is 3. The van der Waals surface area contributed by atoms with E-state index < -0.39 is 11.6 Å². The minimum atomic E-state index is -0.628. The number of nitrogens with zero attached hydrogens (tertiary/aromatic N) is 1. The molecule has 0 bridgehead atoms. The molecule has 1 aromatic heterocycles. The Kier molecular flexibility index (Phi) is 4.26. The summed E-state index contributed by atoms with van der Waals surface area (Å²) in [7, 11) is 2.12. The Hall–Kier alpha value is -2.07. The molecule has 0 radical (unpaired) electrons. The van der Waals surface area contributed by atoms with Gasteiger partial charge in [-0.25, -0.2) is 4.79 Å². The molecule has 1 fully saturated rings. The fraction of sp³-hybridized carbons (Fsp3) is 0.421. The number of piperidine rings is 1. The van der Waals surface area contributed by atoms with Crippen LogP contribution < -0.4 is 0 Å². The molecule has 1 aliphatic rings. The SMILES string of the molecule is C[C@@H]1C[C@@](OC(=O)c2ccco2)(c2ccccc2)[C@H](C)CN1C. The molecule has 23 heavy (non-hydrogen) atoms. The first-order valence-corrected chi connectivity index (χ1v) is 8.05. The number of esters is 1. The van der Waals surface area contributed by atoms with E-state index >= 15 is 0 Å². The second kappa shape index (κ2) is 6.20. The first-order valence-electron chi connectivity index (χ1n) is 8.05. The van der Waals surface area contributed by atoms with Crippen LogP contribution in [-0.2, 0) is 10.3 Å². The molecule has 0 N–H and O–H groups in total. The highest BCUT2D eigenvalue weighted by Crippen LogP contribution is 2.43. The predicted octanol–water partition coefficient (Wildman–Crippen LogP) is 3.69. The number of ether oxygens (including phenoxy) is 1. The fourth-order valence-electron chi connectivity index (χ4n) is 3.49. The summed E-state index contributed by atoms with van der Waals surface area (Å²) in [4.78, 5) is 14.9. The molecule has 0 spiro atoms. The second-order valence-corrected chi connectivity index (χ2v) is 6.52. The lowest BCUT2D eigenvalue weighted by Crippen LogP contribution is -2.53. The van der Waals surface area contributed by atoms with Crippen molar-refractivity contribution < 1.29 is 13.9 Å². The maximum Gasteiger partial charge on any atom is 0.375 e. The van der Waals surface area contributed by atoms with Gasteiger partial charge in [-0.15, -0.1) is 0 Å². The Bertz CT molecular complexity index is 653. The summed E-state index contributed by atoms with van der Waals surface area (Å²) < 4.78 is 11.3. The smallest absolute Gasteiger partial charge is 0.375 e. The van der Waals surface area contributed by atoms with Gasteiger partial charge in [-0.05, 0) is 31.7 Å². The van der Waals surface area contributed by atoms with Gasteiger partial charge in [0.05, 0.1) is 6.26 Å². The van der Waals surface area contributed by atoms with Gasteiger partial charge in [-0.3, -0.25) is 0 Å². The van der Waals surface area contributed by atoms with E-state index in [4.69, 9.17) is 9.15 Å². The van der Waals surface area contributed by atoms with Gasteiger partial charge in [0.15, 0.2) is 0 Å². The molecule has 0 saturated carbocycles. The van der Waals surface area contributed by atoms with Crippen molar-refractivity contribution >= 4 is 5.97 Å². The van der Waals surface area contributed by atoms with Gasteiger partial charge in [0.25, 0.3) is 0 Å². The lowest BCUT2D eigenvalue weighted by atomic mass is 9.74. The average Bonchev–Trinajstić information content (AvgIpc) is 3.08. The van der Waals surface area contributed by atoms with Gasteiger partial charge < -0.3 is 14.1 Å². The lowest BCUT2D eigenvalue weighted by Gasteiger charge is -2.48. The van der Waals surface area contributed by atoms with Crippen LogP contribution in [-0.4, -0.2) is 30.5 Å². The molecule has 1 aromatic carbocycles. The fourth-order valence-corrected chi connectivity index (χ4v) is 3.49. The summed E-state index contributed by atoms with van der Waals surface area (Å²) >= 11 is 0. The van der Waals surface area contributed by atoms with E-state index in [-0.39, 0.29) is 11.7 Å². The normalized spacial score (nSPS) is 28.5. The van der Waals surface area contributed by atoms with Crippen LogP contribution in [0.4, 0.5) is 0 Å². The minimum Gasteiger partial charge on any atom is -0.457 e. The number of benzene rings is 1. The van der Waals surface area contributed by atoms with Gasteiger partial charge in [0, 0.05) is 24.9 Å². The van der Waals surface area contributed by atoms with Crippen molar-refractivity contribution in [3.05, 3.63) is 60.1 Å². The Morgan fingerprint density at radius 1 is 1.22 bits per heavy atom. The van der Waals surface area contributed by atoms with E-state index in [0.717, 1.165) is 18.5 Å². The molecular formula is C19H23NO3. The quantitative estimate of drug-likeness (QED) is 0.811. The number of hydrogen-bond donors (Lipinski definition) is 0. The number of furan rings is 1. The van der Waals surface area contributed by atoms with E-state index in [1.165, 1.54) is 6.26 Å². The molecule has 0 unspecified atom stereocenters. The van der Waals surface area contributed by atoms with Crippen LogP contribution in [0.15, 0.2) is 53.1 Å². The lowest BCUT2D eigenvalue weighted by molar-refractivity contribution is -0.100. The highest BCUT2D eigenvalue weighted by molar-refractivity contribution is 5.86. The molecule has 0 aliphatic carbocycles. The molecule has 3 rings (SSSR count). The third-order valence-electron chi connectivity index (χ3n) is 4.97. The highest BCUT2D eigenvalue weighted by atomic mass is 16.6. The third-order valence-corrected chi connectivity index (χ3v) is 4.97. The predicted molar refractivity (Wildman–Crippen MR) is 88.1 cm³/mol. The van der Waals surface area contributed by atoms with Gasteiger partial charge in [0.2, 0.25) is 5.76 Å². The molecule has 2 heterocycles. The Morgan fingerprint density at radius 3 is 2.61 bits per heavy atom. The van der Waals surface area contributed by atoms with E-state index in [9.17, 15) is 4.79 Å². The molecule has 1 saturated heterocycles. The van der Waals surface area contributed by atoms with E-state index in [1.54, 1.807) is 12.1 Å². The van der Waals surface area contributed by atoms with Gasteiger partial charge in [-0.1, -0.05) is 37.3 Å². The van der Waals surface area contributed by atoms with Crippen molar-refractivity contribution in [2.75, 3.05) is 13.6 Å². The molecule has 4 nitrogen and oxygen atoms in total. The summed E-state index contributed by atoms with van der Waals surface area (Å²) in [5.41, 5.74) is 0.421. The van der Waals surface area contributed by atoms with Crippen LogP contribution in [0, 0.1) is 5.92 Å². The summed E-state index contributed by atoms with van der Waals surface area (Å²) in [6.07, 6.45) is 2.26. The van der Waals surface area contributed by atoms with Gasteiger partial charge in [0.1, 0.15) is 5.60 Å². The van der Waals surface area contributed by atoms with Crippen molar-refractivity contribution in [2.24, 2.45) is 5.92 Å². The van der Waals surface area contributed by atoms with Crippen LogP contribution in [0.3, 0.4) is 0 Å². The van der Waals surface area contributed by atoms with Crippen LogP contribution in [0.5, 0.6) is 0 Å². The van der Waals surface area contributed by atoms with E-state index in [2.05, 4.69) is 25.8 Å². The number of carbonyl (C=O) groups excluding carboxylic acids is 1. The number of likely N-dealkylation sites (tertiary alicyclic amines) is 1. The summed E-state index contributed by atoms with van der Waals surface area (Å²) in [5.74, 6) is 0.0338. The average molecular weight is 313 g/mol. The zero-order valence-electron chi connectivity index (χ0n) is 13.9. The summed E-state index contributed by atoms with van der Waals surface area (Å²) in [5, 5.41) is 0. The van der Waals surface area contributed by atoms with Gasteiger partial charge in [-0.2, -0.15) is 0 Å². The van der Waals surface area contributed by atoms with Gasteiger partial charge >= 0.3 is 5.97 Å². The summed E-state index contributed by atoms with van der Waals surface area (Å²) in [6, 6.07) is 13.7. The molecule has 0 amide bonds. The number of carbonyl (C=O) groups is 1. The van der Waals surface area contributed by atoms with Crippen molar-refractivity contribution in [3.63, 3.8) is 0 Å². The molecule has 4 heteroatoms. The zero-order valence-corrected chi connectivity index (χ0v) is 13.9. The van der Waals surface area contributed by atoms with Crippen molar-refractivity contribution in [3.8, 4) is 0 Å². The van der Waals surface area contributed by atoms with Crippen LogP contribution >= 0.6 is 0 Å². The molecular weight excluding hydrogens is 290 g/mol. The van der Waals surface area contributed by atoms with E-state index in [1.807, 2.05) is 30.3 Å². The number of hydrogen-bond acceptors (Lipinski definition) is 4. The zero-order chi connectivity index (χ0) is 16.4. The van der Waals surface area contributed by atoms with Crippen LogP contribution in [0.2, 0.25) is 0 Å². The monoisotopic (exact) mass is 313 g/mol. The van der Waals surface area contributed by atoms with Crippen molar-refractivity contribution in [1.29, 1.82) is 0 Å². The minimum absolute atomic E-state index is 0.185. The third kappa shape index (κ3) is 2.91. The second-order valence-electron chi connectivity index (χ2n) is 6.52. The first-order chi connectivity index (χ1) is 11.0. The van der Waals surface area contributed by atoms with Crippen molar-refractivity contribution in [1.82, 2.24) is 4.90 Å². The Morgan fingerprint density at radius 2 is 1.96 bits per heavy atom. The maximum atomic E-state index is 12.6. The topological polar surface area (TPSA) is 42.7 Å². The highest BCUT2D eigenvalue weighted by Gasteiger charge is 2.47. The Balaban J connectivity index is 1.98. The van der Waals surface area contributed by atoms with Crippen LogP contribution in [0.25, 0.3) is 0 Å². The molecule has 2 aromatic rings. The first kappa shape index (κ1) is 15.8. The standard InChI is InChI=1S/C19H23NO3/c1-14-13-20(3)15(2)12-19(14,16-8-5-4-6-9-16)23-18(21)17-10-7-11-22-17/h4-11,14-15H,12-13H2,1-3H3/t14-,15-,19+/m1/s1. The maximum absolute atomic E-state index is 12.6. The summed E-state index contributed by atoms with van der Waals surface area (Å²) in [6.45, 7) is 5.19. The largest absolute Gasteiger partial charge is 0.457 e. The molecule has 1 aliphatic heterocycles. The molecule has 122 valence electrons. The molecule has 3 atom stereocenters. The Labute approximate surface area is 137 Å². The van der Waals surface area contributed by atoms with Crippen LogP contribution in [0.1, 0.15) is 36.4 Å².